The van der Waals surface area contributed by atoms with Crippen LogP contribution in [-0.4, -0.2) is 68.7 Å². The first-order chi connectivity index (χ1) is 8.86. The van der Waals surface area contributed by atoms with Crippen LogP contribution >= 0.6 is 0 Å². The molecule has 0 saturated carbocycles. The number of carbonyl (C=O) groups is 1. The van der Waals surface area contributed by atoms with Crippen LogP contribution < -0.4 is 0 Å². The molecule has 0 aliphatic carbocycles. The summed E-state index contributed by atoms with van der Waals surface area (Å²) in [6.45, 7) is 6.85. The Balaban J connectivity index is 2.40. The van der Waals surface area contributed by atoms with Crippen LogP contribution in [0.2, 0.25) is 0 Å². The van der Waals surface area contributed by atoms with E-state index in [0.717, 1.165) is 13.1 Å². The molecular weight excluding hydrogens is 268 g/mol. The molecule has 1 fully saturated rings. The highest BCUT2D eigenvalue weighted by Gasteiger charge is 2.27. The number of nitrogens with zero attached hydrogens (tertiary/aromatic N) is 2. The van der Waals surface area contributed by atoms with Gasteiger partial charge < -0.3 is 4.74 Å². The van der Waals surface area contributed by atoms with E-state index in [1.807, 2.05) is 0 Å². The van der Waals surface area contributed by atoms with Crippen LogP contribution in [0.15, 0.2) is 0 Å². The number of hydrogen-bond acceptors (Lipinski definition) is 5. The lowest BCUT2D eigenvalue weighted by atomic mass is 10.3. The number of methoxy groups -OCH3 is 1. The van der Waals surface area contributed by atoms with Gasteiger partial charge in [0.15, 0.2) is 0 Å². The molecule has 1 saturated heterocycles. The molecule has 19 heavy (non-hydrogen) atoms. The first-order valence-corrected chi connectivity index (χ1v) is 8.26. The van der Waals surface area contributed by atoms with Gasteiger partial charge in [-0.1, -0.05) is 0 Å². The van der Waals surface area contributed by atoms with Gasteiger partial charge >= 0.3 is 5.97 Å². The van der Waals surface area contributed by atoms with Gasteiger partial charge in [0.2, 0.25) is 10.0 Å². The average molecular weight is 292 g/mol. The molecule has 0 spiro atoms. The Bertz CT molecular complexity index is 387. The predicted molar refractivity (Wildman–Crippen MR) is 73.3 cm³/mol. The molecule has 7 heteroatoms. The molecule has 1 heterocycles. The first-order valence-electron chi connectivity index (χ1n) is 6.65. The summed E-state index contributed by atoms with van der Waals surface area (Å²) in [5.41, 5.74) is 0. The molecule has 0 aromatic rings. The Morgan fingerprint density at radius 2 is 1.79 bits per heavy atom. The quantitative estimate of drug-likeness (QED) is 0.659. The van der Waals surface area contributed by atoms with Crippen molar-refractivity contribution in [1.29, 1.82) is 0 Å². The summed E-state index contributed by atoms with van der Waals surface area (Å²) in [5.74, 6) is -0.344. The summed E-state index contributed by atoms with van der Waals surface area (Å²) in [7, 11) is -1.93. The molecule has 0 aromatic carbocycles. The Labute approximate surface area is 115 Å². The normalized spacial score (nSPS) is 18.7. The van der Waals surface area contributed by atoms with E-state index in [4.69, 9.17) is 0 Å². The van der Waals surface area contributed by atoms with Gasteiger partial charge in [-0.3, -0.25) is 9.69 Å². The Morgan fingerprint density at radius 3 is 2.26 bits per heavy atom. The fraction of sp³-hybridized carbons (Fsp3) is 0.917. The van der Waals surface area contributed by atoms with Crippen LogP contribution in [0.4, 0.5) is 0 Å². The second kappa shape index (κ2) is 7.21. The number of rotatable bonds is 6. The minimum absolute atomic E-state index is 0.0176. The molecule has 1 aliphatic heterocycles. The fourth-order valence-electron chi connectivity index (χ4n) is 2.13. The Morgan fingerprint density at radius 1 is 1.21 bits per heavy atom. The lowest BCUT2D eigenvalue weighted by molar-refractivity contribution is -0.140. The number of esters is 1. The second-order valence-corrected chi connectivity index (χ2v) is 7.11. The van der Waals surface area contributed by atoms with E-state index >= 15 is 0 Å². The van der Waals surface area contributed by atoms with E-state index in [-0.39, 0.29) is 18.1 Å². The van der Waals surface area contributed by atoms with Crippen molar-refractivity contribution in [3.63, 3.8) is 0 Å². The molecule has 0 bridgehead atoms. The van der Waals surface area contributed by atoms with E-state index < -0.39 is 10.0 Å². The summed E-state index contributed by atoms with van der Waals surface area (Å²) < 4.78 is 30.2. The van der Waals surface area contributed by atoms with E-state index in [1.165, 1.54) is 11.4 Å². The van der Waals surface area contributed by atoms with Crippen molar-refractivity contribution in [2.24, 2.45) is 0 Å². The predicted octanol–water partition coefficient (Wildman–Crippen LogP) is 0.295. The SMILES string of the molecule is COC(=O)CCCS(=O)(=O)N1CCN(C(C)C)CC1. The summed E-state index contributed by atoms with van der Waals surface area (Å²) in [6, 6.07) is 0.448. The third-order valence-corrected chi connectivity index (χ3v) is 5.36. The highest BCUT2D eigenvalue weighted by molar-refractivity contribution is 7.89. The molecule has 0 unspecified atom stereocenters. The highest BCUT2D eigenvalue weighted by atomic mass is 32.2. The van der Waals surface area contributed by atoms with E-state index in [2.05, 4.69) is 23.5 Å². The lowest BCUT2D eigenvalue weighted by Gasteiger charge is -2.36. The van der Waals surface area contributed by atoms with E-state index in [1.54, 1.807) is 0 Å². The number of carbonyl (C=O) groups excluding carboxylic acids is 1. The zero-order valence-corrected chi connectivity index (χ0v) is 12.8. The van der Waals surface area contributed by atoms with Crippen LogP contribution in [0.5, 0.6) is 0 Å². The van der Waals surface area contributed by atoms with Crippen LogP contribution in [0.25, 0.3) is 0 Å². The summed E-state index contributed by atoms with van der Waals surface area (Å²) in [5, 5.41) is 0. The van der Waals surface area contributed by atoms with Crippen molar-refractivity contribution in [1.82, 2.24) is 9.21 Å². The van der Waals surface area contributed by atoms with Gasteiger partial charge in [0, 0.05) is 38.6 Å². The van der Waals surface area contributed by atoms with Gasteiger partial charge in [-0.2, -0.15) is 4.31 Å². The molecule has 0 N–H and O–H groups in total. The third-order valence-electron chi connectivity index (χ3n) is 3.41. The third kappa shape index (κ3) is 5.08. The average Bonchev–Trinajstić information content (AvgIpc) is 2.38. The number of hydrogen-bond donors (Lipinski definition) is 0. The number of sulfonamides is 1. The summed E-state index contributed by atoms with van der Waals surface area (Å²) >= 11 is 0. The highest BCUT2D eigenvalue weighted by Crippen LogP contribution is 2.11. The van der Waals surface area contributed by atoms with E-state index in [9.17, 15) is 13.2 Å². The maximum atomic E-state index is 12.1. The van der Waals surface area contributed by atoms with Crippen LogP contribution in [0.1, 0.15) is 26.7 Å². The van der Waals surface area contributed by atoms with Crippen LogP contribution in [0.3, 0.4) is 0 Å². The smallest absolute Gasteiger partial charge is 0.305 e. The van der Waals surface area contributed by atoms with Gasteiger partial charge in [-0.05, 0) is 20.3 Å². The van der Waals surface area contributed by atoms with Crippen molar-refractivity contribution < 1.29 is 17.9 Å². The maximum absolute atomic E-state index is 12.1. The molecule has 0 aromatic heterocycles. The van der Waals surface area contributed by atoms with Crippen molar-refractivity contribution in [3.05, 3.63) is 0 Å². The Hall–Kier alpha value is -0.660. The van der Waals surface area contributed by atoms with Crippen molar-refractivity contribution in [2.75, 3.05) is 39.0 Å². The van der Waals surface area contributed by atoms with Crippen LogP contribution in [-0.2, 0) is 19.6 Å². The van der Waals surface area contributed by atoms with Gasteiger partial charge in [0.05, 0.1) is 12.9 Å². The topological polar surface area (TPSA) is 66.9 Å². The minimum Gasteiger partial charge on any atom is -0.469 e. The van der Waals surface area contributed by atoms with E-state index in [0.29, 0.717) is 25.6 Å². The van der Waals surface area contributed by atoms with Crippen molar-refractivity contribution >= 4 is 16.0 Å². The molecule has 0 atom stereocenters. The minimum atomic E-state index is -3.24. The summed E-state index contributed by atoms with van der Waals surface area (Å²) in [6.07, 6.45) is 0.473. The molecule has 6 nitrogen and oxygen atoms in total. The molecular formula is C12H24N2O4S. The fourth-order valence-corrected chi connectivity index (χ4v) is 3.62. The molecule has 1 aliphatic rings. The number of ether oxygens (including phenoxy) is 1. The monoisotopic (exact) mass is 292 g/mol. The maximum Gasteiger partial charge on any atom is 0.305 e. The lowest BCUT2D eigenvalue weighted by Crippen LogP contribution is -2.51. The van der Waals surface area contributed by atoms with Gasteiger partial charge in [0.1, 0.15) is 0 Å². The zero-order valence-electron chi connectivity index (χ0n) is 12.0. The van der Waals surface area contributed by atoms with Crippen molar-refractivity contribution in [3.8, 4) is 0 Å². The largest absolute Gasteiger partial charge is 0.469 e. The first kappa shape index (κ1) is 16.4. The molecule has 0 radical (unpaired) electrons. The van der Waals surface area contributed by atoms with Gasteiger partial charge in [-0.25, -0.2) is 8.42 Å². The molecule has 0 amide bonds. The Kier molecular flexibility index (Phi) is 6.22. The standard InChI is InChI=1S/C12H24N2O4S/c1-11(2)13-6-8-14(9-7-13)19(16,17)10-4-5-12(15)18-3/h11H,4-10H2,1-3H3. The number of piperazine rings is 1. The van der Waals surface area contributed by atoms with Gasteiger partial charge in [-0.15, -0.1) is 0 Å². The molecule has 112 valence electrons. The second-order valence-electron chi connectivity index (χ2n) is 5.02. The van der Waals surface area contributed by atoms with Gasteiger partial charge in [0.25, 0.3) is 0 Å². The summed E-state index contributed by atoms with van der Waals surface area (Å²) in [4.78, 5) is 13.2. The van der Waals surface area contributed by atoms with Crippen LogP contribution in [0, 0.1) is 0 Å². The zero-order chi connectivity index (χ0) is 14.5. The van der Waals surface area contributed by atoms with Crippen molar-refractivity contribution in [2.45, 2.75) is 32.7 Å². The molecule has 1 rings (SSSR count).